The van der Waals surface area contributed by atoms with Gasteiger partial charge >= 0.3 is 0 Å². The zero-order valence-corrected chi connectivity index (χ0v) is 13.3. The van der Waals surface area contributed by atoms with E-state index in [0.717, 1.165) is 31.2 Å². The van der Waals surface area contributed by atoms with Crippen molar-refractivity contribution < 1.29 is 4.79 Å². The quantitative estimate of drug-likeness (QED) is 0.516. The van der Waals surface area contributed by atoms with Crippen molar-refractivity contribution in [2.75, 3.05) is 0 Å². The Kier molecular flexibility index (Phi) is 4.03. The van der Waals surface area contributed by atoms with Crippen molar-refractivity contribution in [2.45, 2.75) is 13.8 Å². The molecule has 0 saturated carbocycles. The summed E-state index contributed by atoms with van der Waals surface area (Å²) in [5.41, 5.74) is 3.61. The first-order valence-corrected chi connectivity index (χ1v) is 7.39. The van der Waals surface area contributed by atoms with Crippen molar-refractivity contribution >= 4 is 37.6 Å². The molecule has 18 heavy (non-hydrogen) atoms. The smallest absolute Gasteiger partial charge is 0.194 e. The van der Waals surface area contributed by atoms with Crippen molar-refractivity contribution in [1.29, 1.82) is 0 Å². The second-order valence-electron chi connectivity index (χ2n) is 3.71. The molecule has 3 heteroatoms. The molecular weight excluding hydrogens is 356 g/mol. The summed E-state index contributed by atoms with van der Waals surface area (Å²) in [5.74, 6) is 0.104. The molecule has 0 N–H and O–H groups in total. The minimum absolute atomic E-state index is 0.104. The van der Waals surface area contributed by atoms with E-state index >= 15 is 0 Å². The van der Waals surface area contributed by atoms with Crippen LogP contribution in [-0.4, -0.2) is 5.78 Å². The summed E-state index contributed by atoms with van der Waals surface area (Å²) in [5, 5.41) is 0. The van der Waals surface area contributed by atoms with Gasteiger partial charge in [0.2, 0.25) is 0 Å². The molecule has 0 unspecified atom stereocenters. The van der Waals surface area contributed by atoms with Crippen molar-refractivity contribution in [3.63, 3.8) is 0 Å². The molecule has 1 aliphatic rings. The van der Waals surface area contributed by atoms with Gasteiger partial charge in [-0.3, -0.25) is 4.79 Å². The van der Waals surface area contributed by atoms with Gasteiger partial charge in [-0.05, 0) is 35.4 Å². The summed E-state index contributed by atoms with van der Waals surface area (Å²) < 4.78 is 1.87. The highest BCUT2D eigenvalue weighted by Crippen LogP contribution is 2.38. The van der Waals surface area contributed by atoms with Crippen LogP contribution in [0.2, 0.25) is 0 Å². The molecule has 0 aromatic heterocycles. The van der Waals surface area contributed by atoms with Crippen molar-refractivity contribution in [2.24, 2.45) is 0 Å². The molecule has 0 spiro atoms. The van der Waals surface area contributed by atoms with Crippen LogP contribution in [0.25, 0.3) is 11.1 Å². The standard InChI is InChI=1S/C13H6Br2O.C2H6/c14-7-1-3-9-10-4-2-8(15)6-12(10)13(16)11(9)5-7;1-2/h1-6H;1-2H3. The third-order valence-electron chi connectivity index (χ3n) is 2.74. The lowest BCUT2D eigenvalue weighted by atomic mass is 10.1. The Morgan fingerprint density at radius 1 is 0.722 bits per heavy atom. The Balaban J connectivity index is 0.000000574. The molecule has 1 nitrogen and oxygen atoms in total. The van der Waals surface area contributed by atoms with Gasteiger partial charge in [0.1, 0.15) is 0 Å². The molecule has 92 valence electrons. The number of carbonyl (C=O) groups excluding carboxylic acids is 1. The molecule has 3 rings (SSSR count). The Morgan fingerprint density at radius 3 is 1.50 bits per heavy atom. The fourth-order valence-electron chi connectivity index (χ4n) is 2.02. The van der Waals surface area contributed by atoms with Gasteiger partial charge in [0.15, 0.2) is 5.78 Å². The average molecular weight is 368 g/mol. The Bertz CT molecular complexity index is 564. The molecule has 0 atom stereocenters. The van der Waals surface area contributed by atoms with E-state index in [-0.39, 0.29) is 5.78 Å². The van der Waals surface area contributed by atoms with Crippen LogP contribution in [-0.2, 0) is 0 Å². The Hall–Kier alpha value is -0.930. The lowest BCUT2D eigenvalue weighted by Gasteiger charge is -1.99. The highest BCUT2D eigenvalue weighted by molar-refractivity contribution is 9.10. The highest BCUT2D eigenvalue weighted by Gasteiger charge is 2.26. The van der Waals surface area contributed by atoms with E-state index in [1.165, 1.54) is 0 Å². The van der Waals surface area contributed by atoms with E-state index in [1.54, 1.807) is 0 Å². The van der Waals surface area contributed by atoms with Crippen LogP contribution in [0.1, 0.15) is 29.8 Å². The van der Waals surface area contributed by atoms with Gasteiger partial charge in [-0.2, -0.15) is 0 Å². The first kappa shape index (κ1) is 13.5. The molecule has 2 aromatic carbocycles. The van der Waals surface area contributed by atoms with Crippen LogP contribution in [0.3, 0.4) is 0 Å². The molecule has 0 aliphatic heterocycles. The van der Waals surface area contributed by atoms with Crippen LogP contribution in [0, 0.1) is 0 Å². The fourth-order valence-corrected chi connectivity index (χ4v) is 2.75. The molecule has 0 bridgehead atoms. The van der Waals surface area contributed by atoms with E-state index in [0.29, 0.717) is 0 Å². The highest BCUT2D eigenvalue weighted by atomic mass is 79.9. The molecule has 0 heterocycles. The van der Waals surface area contributed by atoms with Gasteiger partial charge in [0, 0.05) is 20.1 Å². The van der Waals surface area contributed by atoms with Crippen molar-refractivity contribution in [1.82, 2.24) is 0 Å². The van der Waals surface area contributed by atoms with Gasteiger partial charge in [0.25, 0.3) is 0 Å². The van der Waals surface area contributed by atoms with Crippen LogP contribution >= 0.6 is 31.9 Å². The third kappa shape index (κ3) is 2.17. The monoisotopic (exact) mass is 366 g/mol. The minimum Gasteiger partial charge on any atom is -0.289 e. The summed E-state index contributed by atoms with van der Waals surface area (Å²) in [4.78, 5) is 12.2. The second-order valence-corrected chi connectivity index (χ2v) is 5.54. The number of benzene rings is 2. The predicted octanol–water partition coefficient (Wildman–Crippen LogP) is 5.45. The van der Waals surface area contributed by atoms with Crippen LogP contribution in [0.5, 0.6) is 0 Å². The van der Waals surface area contributed by atoms with Crippen LogP contribution in [0.15, 0.2) is 45.3 Å². The summed E-state index contributed by atoms with van der Waals surface area (Å²) >= 11 is 6.78. The van der Waals surface area contributed by atoms with Crippen molar-refractivity contribution in [3.05, 3.63) is 56.5 Å². The second kappa shape index (κ2) is 5.37. The lowest BCUT2D eigenvalue weighted by molar-refractivity contribution is 0.104. The predicted molar refractivity (Wildman–Crippen MR) is 82.1 cm³/mol. The average Bonchev–Trinajstić information content (AvgIpc) is 2.65. The molecule has 0 radical (unpaired) electrons. The number of hydrogen-bond acceptors (Lipinski definition) is 1. The van der Waals surface area contributed by atoms with E-state index < -0.39 is 0 Å². The number of rotatable bonds is 0. The largest absolute Gasteiger partial charge is 0.289 e. The van der Waals surface area contributed by atoms with Gasteiger partial charge in [-0.1, -0.05) is 57.8 Å². The zero-order chi connectivity index (χ0) is 13.3. The molecule has 0 fully saturated rings. The summed E-state index contributed by atoms with van der Waals surface area (Å²) in [6.45, 7) is 4.00. The van der Waals surface area contributed by atoms with E-state index in [1.807, 2.05) is 50.2 Å². The van der Waals surface area contributed by atoms with Crippen LogP contribution < -0.4 is 0 Å². The number of carbonyl (C=O) groups is 1. The maximum atomic E-state index is 12.2. The zero-order valence-electron chi connectivity index (χ0n) is 10.1. The summed E-state index contributed by atoms with van der Waals surface area (Å²) in [6.07, 6.45) is 0. The van der Waals surface area contributed by atoms with Gasteiger partial charge in [-0.15, -0.1) is 0 Å². The first-order chi connectivity index (χ1) is 8.66. The maximum Gasteiger partial charge on any atom is 0.194 e. The summed E-state index contributed by atoms with van der Waals surface area (Å²) in [6, 6.07) is 11.7. The molecule has 0 amide bonds. The Labute approximate surface area is 123 Å². The van der Waals surface area contributed by atoms with Crippen LogP contribution in [0.4, 0.5) is 0 Å². The first-order valence-electron chi connectivity index (χ1n) is 5.81. The lowest BCUT2D eigenvalue weighted by Crippen LogP contribution is -1.94. The summed E-state index contributed by atoms with van der Waals surface area (Å²) in [7, 11) is 0. The number of hydrogen-bond donors (Lipinski definition) is 0. The molecule has 2 aromatic rings. The third-order valence-corrected chi connectivity index (χ3v) is 3.73. The van der Waals surface area contributed by atoms with Crippen molar-refractivity contribution in [3.8, 4) is 11.1 Å². The number of halogens is 2. The number of ketones is 1. The maximum absolute atomic E-state index is 12.2. The van der Waals surface area contributed by atoms with Gasteiger partial charge in [0.05, 0.1) is 0 Å². The van der Waals surface area contributed by atoms with E-state index in [2.05, 4.69) is 31.9 Å². The SMILES string of the molecule is CC.O=C1c2cc(Br)ccc2-c2ccc(Br)cc21. The van der Waals surface area contributed by atoms with E-state index in [9.17, 15) is 4.79 Å². The molecule has 0 saturated heterocycles. The topological polar surface area (TPSA) is 17.1 Å². The molecular formula is C15H12Br2O. The minimum atomic E-state index is 0.104. The van der Waals surface area contributed by atoms with Gasteiger partial charge < -0.3 is 0 Å². The van der Waals surface area contributed by atoms with E-state index in [4.69, 9.17) is 0 Å². The normalized spacial score (nSPS) is 11.4. The number of fused-ring (bicyclic) bond motifs is 3. The Morgan fingerprint density at radius 2 is 1.11 bits per heavy atom. The molecule has 1 aliphatic carbocycles. The van der Waals surface area contributed by atoms with Gasteiger partial charge in [-0.25, -0.2) is 0 Å². The fraction of sp³-hybridized carbons (Fsp3) is 0.133.